The third kappa shape index (κ3) is 2.73. The summed E-state index contributed by atoms with van der Waals surface area (Å²) in [4.78, 5) is 7.57. The first kappa shape index (κ1) is 10.5. The standard InChI is InChI=1S/C11H12N2S2/c1-13(2)9-3-5-10(6-4-9)15-11-12-7-8-14-11/h3-8H,1-2H3. The molecule has 0 aliphatic carbocycles. The smallest absolute Gasteiger partial charge is 0.154 e. The minimum atomic E-state index is 1.09. The zero-order valence-corrected chi connectivity index (χ0v) is 10.3. The van der Waals surface area contributed by atoms with Crippen LogP contribution in [-0.4, -0.2) is 19.1 Å². The van der Waals surface area contributed by atoms with Gasteiger partial charge >= 0.3 is 0 Å². The van der Waals surface area contributed by atoms with E-state index in [1.54, 1.807) is 23.1 Å². The minimum Gasteiger partial charge on any atom is -0.378 e. The van der Waals surface area contributed by atoms with Crippen LogP contribution in [0.5, 0.6) is 0 Å². The summed E-state index contributed by atoms with van der Waals surface area (Å²) >= 11 is 3.37. The van der Waals surface area contributed by atoms with Gasteiger partial charge in [-0.25, -0.2) is 4.98 Å². The molecule has 0 N–H and O–H groups in total. The first-order valence-electron chi connectivity index (χ1n) is 4.60. The fraction of sp³-hybridized carbons (Fsp3) is 0.182. The van der Waals surface area contributed by atoms with E-state index in [1.165, 1.54) is 10.6 Å². The molecule has 1 aromatic carbocycles. The van der Waals surface area contributed by atoms with Crippen molar-refractivity contribution in [1.29, 1.82) is 0 Å². The van der Waals surface area contributed by atoms with Crippen LogP contribution >= 0.6 is 23.1 Å². The Morgan fingerprint density at radius 1 is 1.20 bits per heavy atom. The summed E-state index contributed by atoms with van der Waals surface area (Å²) in [5.41, 5.74) is 1.22. The number of aromatic nitrogens is 1. The van der Waals surface area contributed by atoms with Crippen LogP contribution < -0.4 is 4.90 Å². The number of hydrogen-bond acceptors (Lipinski definition) is 4. The van der Waals surface area contributed by atoms with Crippen LogP contribution in [0, 0.1) is 0 Å². The molecule has 0 saturated carbocycles. The molecule has 0 atom stereocenters. The Kier molecular flexibility index (Phi) is 3.28. The van der Waals surface area contributed by atoms with Crippen molar-refractivity contribution in [2.24, 2.45) is 0 Å². The van der Waals surface area contributed by atoms with Crippen molar-refractivity contribution < 1.29 is 0 Å². The molecular weight excluding hydrogens is 224 g/mol. The molecule has 0 aliphatic rings. The summed E-state index contributed by atoms with van der Waals surface area (Å²) in [7, 11) is 4.09. The van der Waals surface area contributed by atoms with E-state index in [1.807, 2.05) is 25.7 Å². The summed E-state index contributed by atoms with van der Waals surface area (Å²) in [5.74, 6) is 0. The molecule has 1 heterocycles. The summed E-state index contributed by atoms with van der Waals surface area (Å²) in [6.07, 6.45) is 1.83. The fourth-order valence-corrected chi connectivity index (χ4v) is 2.77. The molecule has 2 rings (SSSR count). The van der Waals surface area contributed by atoms with Crippen molar-refractivity contribution >= 4 is 28.8 Å². The van der Waals surface area contributed by atoms with Gasteiger partial charge in [-0.2, -0.15) is 0 Å². The van der Waals surface area contributed by atoms with Gasteiger partial charge < -0.3 is 4.90 Å². The molecule has 0 fully saturated rings. The second-order valence-electron chi connectivity index (χ2n) is 3.29. The van der Waals surface area contributed by atoms with Gasteiger partial charge in [0.05, 0.1) is 0 Å². The quantitative estimate of drug-likeness (QED) is 0.813. The number of benzene rings is 1. The molecule has 2 aromatic rings. The van der Waals surface area contributed by atoms with Gasteiger partial charge in [-0.1, -0.05) is 11.8 Å². The van der Waals surface area contributed by atoms with Crippen molar-refractivity contribution in [2.45, 2.75) is 9.24 Å². The van der Waals surface area contributed by atoms with Gasteiger partial charge in [-0.3, -0.25) is 0 Å². The van der Waals surface area contributed by atoms with Crippen molar-refractivity contribution in [3.63, 3.8) is 0 Å². The Morgan fingerprint density at radius 3 is 2.47 bits per heavy atom. The molecule has 15 heavy (non-hydrogen) atoms. The lowest BCUT2D eigenvalue weighted by molar-refractivity contribution is 1.13. The van der Waals surface area contributed by atoms with E-state index in [0.717, 1.165) is 4.34 Å². The molecule has 1 aromatic heterocycles. The molecular formula is C11H12N2S2. The van der Waals surface area contributed by atoms with Gasteiger partial charge in [0.15, 0.2) is 4.34 Å². The highest BCUT2D eigenvalue weighted by Gasteiger charge is 2.00. The van der Waals surface area contributed by atoms with Crippen LogP contribution in [0.1, 0.15) is 0 Å². The van der Waals surface area contributed by atoms with Gasteiger partial charge in [0.1, 0.15) is 0 Å². The molecule has 0 saturated heterocycles. The summed E-state index contributed by atoms with van der Waals surface area (Å²) in [5, 5.41) is 2.00. The normalized spacial score (nSPS) is 10.3. The van der Waals surface area contributed by atoms with Crippen LogP contribution in [0.15, 0.2) is 45.1 Å². The van der Waals surface area contributed by atoms with Crippen molar-refractivity contribution in [3.8, 4) is 0 Å². The van der Waals surface area contributed by atoms with Crippen molar-refractivity contribution in [3.05, 3.63) is 35.8 Å². The van der Waals surface area contributed by atoms with E-state index in [2.05, 4.69) is 34.1 Å². The molecule has 0 amide bonds. The van der Waals surface area contributed by atoms with Gasteiger partial charge in [0.25, 0.3) is 0 Å². The van der Waals surface area contributed by atoms with Gasteiger partial charge in [-0.15, -0.1) is 11.3 Å². The third-order valence-corrected chi connectivity index (χ3v) is 3.86. The Balaban J connectivity index is 2.11. The second kappa shape index (κ2) is 4.68. The van der Waals surface area contributed by atoms with Crippen LogP contribution in [0.2, 0.25) is 0 Å². The number of hydrogen-bond donors (Lipinski definition) is 0. The van der Waals surface area contributed by atoms with Crippen molar-refractivity contribution in [1.82, 2.24) is 4.98 Å². The topological polar surface area (TPSA) is 16.1 Å². The van der Waals surface area contributed by atoms with Crippen LogP contribution in [0.4, 0.5) is 5.69 Å². The SMILES string of the molecule is CN(C)c1ccc(Sc2nccs2)cc1. The molecule has 0 radical (unpaired) electrons. The molecule has 0 spiro atoms. The number of anilines is 1. The molecule has 4 heteroatoms. The average Bonchev–Trinajstić information content (AvgIpc) is 2.71. The zero-order valence-electron chi connectivity index (χ0n) is 8.68. The molecule has 78 valence electrons. The molecule has 2 nitrogen and oxygen atoms in total. The van der Waals surface area contributed by atoms with Gasteiger partial charge in [0, 0.05) is 36.3 Å². The highest BCUT2D eigenvalue weighted by Crippen LogP contribution is 2.29. The molecule has 0 aliphatic heterocycles. The highest BCUT2D eigenvalue weighted by atomic mass is 32.2. The number of thiazole rings is 1. The maximum absolute atomic E-state index is 4.24. The predicted octanol–water partition coefficient (Wildman–Crippen LogP) is 3.36. The molecule has 0 bridgehead atoms. The maximum Gasteiger partial charge on any atom is 0.154 e. The van der Waals surface area contributed by atoms with Gasteiger partial charge in [0.2, 0.25) is 0 Å². The van der Waals surface area contributed by atoms with E-state index in [4.69, 9.17) is 0 Å². The van der Waals surface area contributed by atoms with Crippen LogP contribution in [0.3, 0.4) is 0 Å². The Morgan fingerprint density at radius 2 is 1.93 bits per heavy atom. The lowest BCUT2D eigenvalue weighted by Gasteiger charge is -2.12. The summed E-state index contributed by atoms with van der Waals surface area (Å²) < 4.78 is 1.09. The first-order chi connectivity index (χ1) is 7.25. The Bertz CT molecular complexity index is 407. The summed E-state index contributed by atoms with van der Waals surface area (Å²) in [6.45, 7) is 0. The zero-order chi connectivity index (χ0) is 10.7. The predicted molar refractivity (Wildman–Crippen MR) is 67.0 cm³/mol. The fourth-order valence-electron chi connectivity index (χ4n) is 1.17. The minimum absolute atomic E-state index is 1.09. The number of nitrogens with zero attached hydrogens (tertiary/aromatic N) is 2. The molecule has 0 unspecified atom stereocenters. The first-order valence-corrected chi connectivity index (χ1v) is 6.30. The van der Waals surface area contributed by atoms with E-state index in [9.17, 15) is 0 Å². The number of rotatable bonds is 3. The van der Waals surface area contributed by atoms with E-state index in [0.29, 0.717) is 0 Å². The van der Waals surface area contributed by atoms with Crippen LogP contribution in [-0.2, 0) is 0 Å². The lowest BCUT2D eigenvalue weighted by Crippen LogP contribution is -2.07. The largest absolute Gasteiger partial charge is 0.378 e. The van der Waals surface area contributed by atoms with E-state index >= 15 is 0 Å². The lowest BCUT2D eigenvalue weighted by atomic mass is 10.3. The average molecular weight is 236 g/mol. The second-order valence-corrected chi connectivity index (χ2v) is 5.50. The Labute approximate surface area is 98.0 Å². The maximum atomic E-state index is 4.24. The monoisotopic (exact) mass is 236 g/mol. The van der Waals surface area contributed by atoms with Gasteiger partial charge in [-0.05, 0) is 24.3 Å². The third-order valence-electron chi connectivity index (χ3n) is 1.97. The van der Waals surface area contributed by atoms with Crippen LogP contribution in [0.25, 0.3) is 0 Å². The Hall–Kier alpha value is -1.00. The highest BCUT2D eigenvalue weighted by molar-refractivity contribution is 8.01. The van der Waals surface area contributed by atoms with Crippen molar-refractivity contribution in [2.75, 3.05) is 19.0 Å². The summed E-state index contributed by atoms with van der Waals surface area (Å²) in [6, 6.07) is 8.49. The van der Waals surface area contributed by atoms with E-state index < -0.39 is 0 Å². The van der Waals surface area contributed by atoms with E-state index in [-0.39, 0.29) is 0 Å².